The molecule has 3 heterocycles. The van der Waals surface area contributed by atoms with Crippen LogP contribution in [0.2, 0.25) is 0 Å². The Balaban J connectivity index is 0.00000173. The molecule has 0 spiro atoms. The number of benzene rings is 3. The summed E-state index contributed by atoms with van der Waals surface area (Å²) in [5, 5.41) is 18.0. The third-order valence-electron chi connectivity index (χ3n) is 7.50. The predicted octanol–water partition coefficient (Wildman–Crippen LogP) is 5.71. The van der Waals surface area contributed by atoms with E-state index in [0.29, 0.717) is 36.6 Å². The molecule has 10 heteroatoms. The van der Waals surface area contributed by atoms with Gasteiger partial charge in [-0.1, -0.05) is 19.9 Å². The van der Waals surface area contributed by atoms with Gasteiger partial charge in [-0.25, -0.2) is 8.78 Å². The number of anilines is 3. The lowest BCUT2D eigenvalue weighted by Gasteiger charge is -2.31. The summed E-state index contributed by atoms with van der Waals surface area (Å²) >= 11 is 0. The van der Waals surface area contributed by atoms with Crippen molar-refractivity contribution in [3.05, 3.63) is 82.9 Å². The first kappa shape index (κ1) is 29.5. The predicted molar refractivity (Wildman–Crippen MR) is 164 cm³/mol. The summed E-state index contributed by atoms with van der Waals surface area (Å²) in [6, 6.07) is 15.3. The third-order valence-corrected chi connectivity index (χ3v) is 7.50. The highest BCUT2D eigenvalue weighted by Gasteiger charge is 2.21. The Kier molecular flexibility index (Phi) is 9.66. The highest BCUT2D eigenvalue weighted by Crippen LogP contribution is 2.29. The van der Waals surface area contributed by atoms with E-state index < -0.39 is 11.6 Å². The van der Waals surface area contributed by atoms with Gasteiger partial charge in [0.2, 0.25) is 0 Å². The highest BCUT2D eigenvalue weighted by molar-refractivity contribution is 6.11. The molecule has 2 aliphatic heterocycles. The molecular formula is C32H38F2N6O2. The molecule has 0 atom stereocenters. The monoisotopic (exact) mass is 576 g/mol. The Morgan fingerprint density at radius 1 is 0.976 bits per heavy atom. The lowest BCUT2D eigenvalue weighted by Crippen LogP contribution is -2.43. The molecule has 2 fully saturated rings. The summed E-state index contributed by atoms with van der Waals surface area (Å²) in [6.07, 6.45) is 2.09. The van der Waals surface area contributed by atoms with Crippen LogP contribution in [0.5, 0.6) is 0 Å². The van der Waals surface area contributed by atoms with Gasteiger partial charge in [-0.3, -0.25) is 9.89 Å². The maximum Gasteiger partial charge on any atom is 0.258 e. The van der Waals surface area contributed by atoms with Crippen LogP contribution in [-0.2, 0) is 11.2 Å². The number of fused-ring (bicyclic) bond motifs is 1. The van der Waals surface area contributed by atoms with Crippen LogP contribution < -0.4 is 20.9 Å². The number of piperazine rings is 1. The van der Waals surface area contributed by atoms with E-state index in [-0.39, 0.29) is 11.9 Å². The summed E-state index contributed by atoms with van der Waals surface area (Å²) in [6.45, 7) is 9.06. The van der Waals surface area contributed by atoms with E-state index in [9.17, 15) is 13.6 Å². The van der Waals surface area contributed by atoms with Crippen LogP contribution in [0.15, 0.2) is 54.6 Å². The average Bonchev–Trinajstić information content (AvgIpc) is 3.40. The van der Waals surface area contributed by atoms with Crippen LogP contribution in [0.3, 0.4) is 0 Å². The molecule has 8 nitrogen and oxygen atoms in total. The standard InChI is InChI=1S/C30H32F2N6O2.C2H6/c31-21-14-20(15-22(32)17-21)13-19-1-4-27-26(16-19)29(37-36-27)35-30(39)25-3-2-24(38-9-7-33-8-10-38)18-28(25)34-23-5-11-40-12-6-23;1-2/h1-4,14-18,23,33-34H,5-13H2,(H2,35,36,37,39);1-2H3. The molecule has 42 heavy (non-hydrogen) atoms. The second-order valence-electron chi connectivity index (χ2n) is 10.4. The van der Waals surface area contributed by atoms with E-state index in [4.69, 9.17) is 4.74 Å². The molecule has 222 valence electrons. The van der Waals surface area contributed by atoms with Crippen LogP contribution in [-0.4, -0.2) is 61.5 Å². The Bertz CT molecular complexity index is 1490. The van der Waals surface area contributed by atoms with Gasteiger partial charge in [0, 0.05) is 68.3 Å². The van der Waals surface area contributed by atoms with Crippen molar-refractivity contribution in [3.8, 4) is 0 Å². The van der Waals surface area contributed by atoms with Crippen molar-refractivity contribution in [2.24, 2.45) is 0 Å². The van der Waals surface area contributed by atoms with Crippen LogP contribution in [0, 0.1) is 11.6 Å². The van der Waals surface area contributed by atoms with Crippen molar-refractivity contribution < 1.29 is 18.3 Å². The van der Waals surface area contributed by atoms with Gasteiger partial charge in [-0.2, -0.15) is 5.10 Å². The molecule has 1 aromatic heterocycles. The van der Waals surface area contributed by atoms with Crippen molar-refractivity contribution in [2.45, 2.75) is 39.2 Å². The summed E-state index contributed by atoms with van der Waals surface area (Å²) in [4.78, 5) is 15.9. The molecule has 4 N–H and O–H groups in total. The second-order valence-corrected chi connectivity index (χ2v) is 10.4. The maximum absolute atomic E-state index is 13.7. The van der Waals surface area contributed by atoms with Gasteiger partial charge in [-0.15, -0.1) is 0 Å². The number of carbonyl (C=O) groups excluding carboxylic acids is 1. The lowest BCUT2D eigenvalue weighted by molar-refractivity contribution is 0.0904. The van der Waals surface area contributed by atoms with Crippen molar-refractivity contribution in [1.82, 2.24) is 15.5 Å². The summed E-state index contributed by atoms with van der Waals surface area (Å²) in [7, 11) is 0. The number of ether oxygens (including phenoxy) is 1. The van der Waals surface area contributed by atoms with Crippen LogP contribution in [0.1, 0.15) is 48.2 Å². The first-order chi connectivity index (χ1) is 20.5. The molecule has 3 aromatic carbocycles. The minimum absolute atomic E-state index is 0.222. The van der Waals surface area contributed by atoms with Crippen molar-refractivity contribution >= 4 is 34.0 Å². The SMILES string of the molecule is CC.O=C(Nc1n[nH]c2ccc(Cc3cc(F)cc(F)c3)cc12)c1ccc(N2CCNCC2)cc1NC1CCOCC1. The Labute approximate surface area is 244 Å². The highest BCUT2D eigenvalue weighted by atomic mass is 19.1. The minimum Gasteiger partial charge on any atom is -0.381 e. The van der Waals surface area contributed by atoms with Gasteiger partial charge in [0.05, 0.1) is 11.1 Å². The number of aromatic nitrogens is 2. The molecule has 4 aromatic rings. The number of hydrogen-bond acceptors (Lipinski definition) is 6. The zero-order valence-corrected chi connectivity index (χ0v) is 24.1. The van der Waals surface area contributed by atoms with E-state index >= 15 is 0 Å². The van der Waals surface area contributed by atoms with Crippen LogP contribution >= 0.6 is 0 Å². The summed E-state index contributed by atoms with van der Waals surface area (Å²) in [5.41, 5.74) is 4.52. The van der Waals surface area contributed by atoms with Gasteiger partial charge >= 0.3 is 0 Å². The molecule has 0 unspecified atom stereocenters. The molecule has 2 saturated heterocycles. The molecule has 0 aliphatic carbocycles. The van der Waals surface area contributed by atoms with Gasteiger partial charge in [-0.05, 0) is 72.9 Å². The zero-order valence-electron chi connectivity index (χ0n) is 24.1. The number of nitrogens with one attached hydrogen (secondary N) is 4. The first-order valence-corrected chi connectivity index (χ1v) is 14.7. The third kappa shape index (κ3) is 7.06. The largest absolute Gasteiger partial charge is 0.381 e. The normalized spacial score (nSPS) is 15.7. The molecule has 0 saturated carbocycles. The molecular weight excluding hydrogens is 538 g/mol. The number of H-pyrrole nitrogens is 1. The molecule has 1 amide bonds. The van der Waals surface area contributed by atoms with E-state index in [0.717, 1.165) is 72.9 Å². The number of halogens is 2. The van der Waals surface area contributed by atoms with Crippen LogP contribution in [0.4, 0.5) is 26.0 Å². The number of aromatic amines is 1. The van der Waals surface area contributed by atoms with E-state index in [1.165, 1.54) is 12.1 Å². The number of carbonyl (C=O) groups is 1. The van der Waals surface area contributed by atoms with Crippen molar-refractivity contribution in [3.63, 3.8) is 0 Å². The number of rotatable bonds is 7. The fourth-order valence-electron chi connectivity index (χ4n) is 5.42. The van der Waals surface area contributed by atoms with Gasteiger partial charge < -0.3 is 25.6 Å². The Morgan fingerprint density at radius 3 is 2.45 bits per heavy atom. The van der Waals surface area contributed by atoms with Gasteiger partial charge in [0.1, 0.15) is 11.6 Å². The van der Waals surface area contributed by atoms with Gasteiger partial charge in [0.25, 0.3) is 5.91 Å². The maximum atomic E-state index is 13.7. The van der Waals surface area contributed by atoms with E-state index in [2.05, 4.69) is 37.1 Å². The first-order valence-electron chi connectivity index (χ1n) is 14.7. The zero-order chi connectivity index (χ0) is 29.5. The fourth-order valence-corrected chi connectivity index (χ4v) is 5.42. The lowest BCUT2D eigenvalue weighted by atomic mass is 10.0. The molecule has 6 rings (SSSR count). The number of hydrogen-bond donors (Lipinski definition) is 4. The van der Waals surface area contributed by atoms with Crippen LogP contribution in [0.25, 0.3) is 10.9 Å². The average molecular weight is 577 g/mol. The Hall–Kier alpha value is -4.02. The number of nitrogens with zero attached hydrogens (tertiary/aromatic N) is 2. The second kappa shape index (κ2) is 13.8. The van der Waals surface area contributed by atoms with Crippen molar-refractivity contribution in [2.75, 3.05) is 54.9 Å². The minimum atomic E-state index is -0.611. The van der Waals surface area contributed by atoms with E-state index in [1.54, 1.807) is 0 Å². The smallest absolute Gasteiger partial charge is 0.258 e. The summed E-state index contributed by atoms with van der Waals surface area (Å²) < 4.78 is 32.9. The van der Waals surface area contributed by atoms with E-state index in [1.807, 2.05) is 44.2 Å². The molecule has 0 bridgehead atoms. The topological polar surface area (TPSA) is 94.3 Å². The molecule has 0 radical (unpaired) electrons. The van der Waals surface area contributed by atoms with Gasteiger partial charge in [0.15, 0.2) is 5.82 Å². The molecule has 2 aliphatic rings. The summed E-state index contributed by atoms with van der Waals surface area (Å²) in [5.74, 6) is -1.09. The quantitative estimate of drug-likeness (QED) is 0.225. The number of amides is 1. The Morgan fingerprint density at radius 2 is 1.71 bits per heavy atom. The fraction of sp³-hybridized carbons (Fsp3) is 0.375. The van der Waals surface area contributed by atoms with Crippen molar-refractivity contribution in [1.29, 1.82) is 0 Å².